The molecule has 1 atom stereocenters. The molecule has 24 heavy (non-hydrogen) atoms. The Kier molecular flexibility index (Phi) is 8.41. The molecule has 0 aliphatic carbocycles. The third kappa shape index (κ3) is 6.92. The van der Waals surface area contributed by atoms with E-state index in [0.717, 1.165) is 56.6 Å². The minimum Gasteiger partial charge on any atom is -0.357 e. The fraction of sp³-hybridized carbons (Fsp3) is 0.812. The van der Waals surface area contributed by atoms with E-state index < -0.39 is 0 Å². The van der Waals surface area contributed by atoms with Crippen molar-refractivity contribution >= 4 is 29.9 Å². The average Bonchev–Trinajstić information content (AvgIpc) is 2.82. The van der Waals surface area contributed by atoms with Crippen molar-refractivity contribution in [2.45, 2.75) is 65.6 Å². The van der Waals surface area contributed by atoms with Gasteiger partial charge in [0.05, 0.1) is 13.1 Å². The van der Waals surface area contributed by atoms with Gasteiger partial charge in [-0.2, -0.15) is 5.10 Å². The van der Waals surface area contributed by atoms with Gasteiger partial charge in [0.2, 0.25) is 0 Å². The fourth-order valence-corrected chi connectivity index (χ4v) is 2.66. The number of hydrogen-bond acceptors (Lipinski definition) is 4. The first-order chi connectivity index (χ1) is 10.9. The first-order valence-corrected chi connectivity index (χ1v) is 8.57. The van der Waals surface area contributed by atoms with E-state index in [2.05, 4.69) is 58.7 Å². The van der Waals surface area contributed by atoms with E-state index in [9.17, 15) is 0 Å². The Balaban J connectivity index is 0.00000288. The zero-order valence-electron chi connectivity index (χ0n) is 15.5. The molecule has 1 aromatic heterocycles. The number of halogens is 1. The summed E-state index contributed by atoms with van der Waals surface area (Å²) in [5.74, 6) is 2.83. The van der Waals surface area contributed by atoms with E-state index in [-0.39, 0.29) is 29.5 Å². The van der Waals surface area contributed by atoms with Crippen molar-refractivity contribution in [1.82, 2.24) is 30.7 Å². The number of aryl methyl sites for hydroxylation is 2. The first kappa shape index (κ1) is 21.1. The molecular formula is C16H32IN7. The van der Waals surface area contributed by atoms with Crippen LogP contribution in [0.4, 0.5) is 0 Å². The number of hydrogen-bond donors (Lipinski definition) is 3. The second-order valence-electron chi connectivity index (χ2n) is 7.07. The third-order valence-corrected chi connectivity index (χ3v) is 3.69. The number of rotatable bonds is 5. The molecule has 1 aliphatic rings. The summed E-state index contributed by atoms with van der Waals surface area (Å²) in [5, 5.41) is 14.8. The van der Waals surface area contributed by atoms with Gasteiger partial charge in [-0.05, 0) is 41.0 Å². The van der Waals surface area contributed by atoms with Crippen LogP contribution in [0.2, 0.25) is 0 Å². The second-order valence-corrected chi connectivity index (χ2v) is 7.07. The Bertz CT molecular complexity index is 533. The van der Waals surface area contributed by atoms with Crippen molar-refractivity contribution in [3.05, 3.63) is 11.6 Å². The molecule has 1 aliphatic heterocycles. The van der Waals surface area contributed by atoms with E-state index in [1.807, 2.05) is 11.6 Å². The molecule has 0 fully saturated rings. The Morgan fingerprint density at radius 3 is 2.79 bits per heavy atom. The van der Waals surface area contributed by atoms with E-state index in [4.69, 9.17) is 0 Å². The predicted molar refractivity (Wildman–Crippen MR) is 109 cm³/mol. The predicted octanol–water partition coefficient (Wildman–Crippen LogP) is 1.46. The molecule has 8 heteroatoms. The summed E-state index contributed by atoms with van der Waals surface area (Å²) in [6, 6.07) is 0.344. The highest BCUT2D eigenvalue weighted by molar-refractivity contribution is 14.0. The van der Waals surface area contributed by atoms with Crippen molar-refractivity contribution in [1.29, 1.82) is 0 Å². The van der Waals surface area contributed by atoms with E-state index in [1.54, 1.807) is 0 Å². The second kappa shape index (κ2) is 9.55. The van der Waals surface area contributed by atoms with Gasteiger partial charge in [0.15, 0.2) is 5.96 Å². The average molecular weight is 449 g/mol. The number of nitrogens with zero attached hydrogens (tertiary/aromatic N) is 4. The van der Waals surface area contributed by atoms with Crippen molar-refractivity contribution in [2.24, 2.45) is 4.99 Å². The summed E-state index contributed by atoms with van der Waals surface area (Å²) >= 11 is 0. The Morgan fingerprint density at radius 2 is 2.12 bits per heavy atom. The molecule has 0 saturated heterocycles. The number of nitrogens with one attached hydrogen (secondary N) is 3. The maximum absolute atomic E-state index is 4.66. The normalized spacial score (nSPS) is 17.9. The lowest BCUT2D eigenvalue weighted by molar-refractivity contribution is 0.392. The molecule has 0 radical (unpaired) electrons. The summed E-state index contributed by atoms with van der Waals surface area (Å²) in [5.41, 5.74) is 0.131. The van der Waals surface area contributed by atoms with Crippen molar-refractivity contribution in [3.8, 4) is 0 Å². The molecule has 0 bridgehead atoms. The first-order valence-electron chi connectivity index (χ1n) is 8.57. The zero-order valence-corrected chi connectivity index (χ0v) is 17.8. The van der Waals surface area contributed by atoms with Crippen LogP contribution < -0.4 is 16.0 Å². The van der Waals surface area contributed by atoms with Crippen molar-refractivity contribution < 1.29 is 0 Å². The number of fused-ring (bicyclic) bond motifs is 1. The Labute approximate surface area is 162 Å². The molecular weight excluding hydrogens is 417 g/mol. The lowest BCUT2D eigenvalue weighted by Crippen LogP contribution is -2.47. The van der Waals surface area contributed by atoms with Gasteiger partial charge >= 0.3 is 0 Å². The van der Waals surface area contributed by atoms with Crippen LogP contribution in [0.25, 0.3) is 0 Å². The van der Waals surface area contributed by atoms with Crippen LogP contribution in [0, 0.1) is 6.92 Å². The number of aliphatic imine (C=N–C) groups is 1. The van der Waals surface area contributed by atoms with E-state index in [0.29, 0.717) is 6.04 Å². The molecule has 1 unspecified atom stereocenters. The highest BCUT2D eigenvalue weighted by Crippen LogP contribution is 2.12. The summed E-state index contributed by atoms with van der Waals surface area (Å²) < 4.78 is 2.02. The smallest absolute Gasteiger partial charge is 0.191 e. The molecule has 2 rings (SSSR count). The standard InChI is InChI=1S/C16H31N7.HI/c1-6-17-15(18-9-10-19-16(3,4)5)21-13-7-8-14-20-12(2)22-23(14)11-13;/h13,19H,6-11H2,1-5H3,(H2,17,18,21);1H. The topological polar surface area (TPSA) is 79.2 Å². The van der Waals surface area contributed by atoms with Gasteiger partial charge in [-0.25, -0.2) is 9.67 Å². The van der Waals surface area contributed by atoms with Crippen LogP contribution in [0.15, 0.2) is 4.99 Å². The maximum Gasteiger partial charge on any atom is 0.191 e. The number of aromatic nitrogens is 3. The highest BCUT2D eigenvalue weighted by Gasteiger charge is 2.21. The minimum absolute atomic E-state index is 0. The van der Waals surface area contributed by atoms with Crippen LogP contribution in [0.5, 0.6) is 0 Å². The molecule has 0 saturated carbocycles. The van der Waals surface area contributed by atoms with Crippen LogP contribution >= 0.6 is 24.0 Å². The fourth-order valence-electron chi connectivity index (χ4n) is 2.66. The SMILES string of the molecule is CCNC(=NCCNC(C)(C)C)NC1CCc2nc(C)nn2C1.I. The Morgan fingerprint density at radius 1 is 1.38 bits per heavy atom. The molecule has 1 aromatic rings. The molecule has 3 N–H and O–H groups in total. The molecule has 0 spiro atoms. The van der Waals surface area contributed by atoms with Gasteiger partial charge in [-0.15, -0.1) is 24.0 Å². The molecule has 138 valence electrons. The molecule has 0 aromatic carbocycles. The van der Waals surface area contributed by atoms with E-state index >= 15 is 0 Å². The van der Waals surface area contributed by atoms with Crippen molar-refractivity contribution in [3.63, 3.8) is 0 Å². The van der Waals surface area contributed by atoms with Gasteiger partial charge in [-0.1, -0.05) is 0 Å². The summed E-state index contributed by atoms with van der Waals surface area (Å²) in [6.07, 6.45) is 2.02. The summed E-state index contributed by atoms with van der Waals surface area (Å²) in [7, 11) is 0. The van der Waals surface area contributed by atoms with E-state index in [1.165, 1.54) is 0 Å². The quantitative estimate of drug-likeness (QED) is 0.275. The largest absolute Gasteiger partial charge is 0.357 e. The Hall–Kier alpha value is -0.900. The number of guanidine groups is 1. The van der Waals surface area contributed by atoms with Gasteiger partial charge in [0.25, 0.3) is 0 Å². The zero-order chi connectivity index (χ0) is 16.9. The van der Waals surface area contributed by atoms with Gasteiger partial charge < -0.3 is 16.0 Å². The summed E-state index contributed by atoms with van der Waals surface area (Å²) in [6.45, 7) is 13.9. The third-order valence-electron chi connectivity index (χ3n) is 3.69. The lowest BCUT2D eigenvalue weighted by atomic mass is 10.1. The monoisotopic (exact) mass is 449 g/mol. The van der Waals surface area contributed by atoms with Crippen LogP contribution in [0.1, 0.15) is 45.8 Å². The highest BCUT2D eigenvalue weighted by atomic mass is 127. The maximum atomic E-state index is 4.66. The molecule has 7 nitrogen and oxygen atoms in total. The van der Waals surface area contributed by atoms with Crippen molar-refractivity contribution in [2.75, 3.05) is 19.6 Å². The van der Waals surface area contributed by atoms with Crippen LogP contribution in [-0.2, 0) is 13.0 Å². The van der Waals surface area contributed by atoms with Crippen LogP contribution in [-0.4, -0.2) is 51.9 Å². The summed E-state index contributed by atoms with van der Waals surface area (Å²) in [4.78, 5) is 9.11. The van der Waals surface area contributed by atoms with Crippen LogP contribution in [0.3, 0.4) is 0 Å². The van der Waals surface area contributed by atoms with Gasteiger partial charge in [0, 0.05) is 31.1 Å². The van der Waals surface area contributed by atoms with Gasteiger partial charge in [0.1, 0.15) is 11.6 Å². The molecule has 2 heterocycles. The van der Waals surface area contributed by atoms with Gasteiger partial charge in [-0.3, -0.25) is 4.99 Å². The lowest BCUT2D eigenvalue weighted by Gasteiger charge is -2.25. The molecule has 0 amide bonds. The minimum atomic E-state index is 0.